The minimum atomic E-state index is -1.77. The molecule has 7 N–H and O–H groups in total. The standard InChI is InChI=1S/C51H86O15/c1-3-5-7-9-11-13-15-17-19-21-23-25-27-29-31-33-42(53)61-36-39(64-43(54)34-32-30-28-26-24-22-20-18-16-14-12-10-8-6-4-2)37-62-50-49(60)47(58)45(56)41(66-50)38-63-51-48(59)46(57)44(55)40(35-52)65-51/h4-5,7,11,13,17,19,23,25,39-41,44-52,55-60H,2-3,6,8-10,12,14-16,18,20-22,24,26-38H2,1H3/b7-5+,13-11+,19-17+,25-23+/t39-,40-,41-,44+,45+,46?,47?,48?,49?,50-,51-/m1/s1. The maximum absolute atomic E-state index is 13.0. The Morgan fingerprint density at radius 3 is 1.55 bits per heavy atom. The molecule has 0 bridgehead atoms. The van der Waals surface area contributed by atoms with Gasteiger partial charge >= 0.3 is 11.9 Å². The number of aliphatic hydroxyl groups is 7. The molecule has 2 fully saturated rings. The van der Waals surface area contributed by atoms with Crippen LogP contribution in [0, 0.1) is 0 Å². The largest absolute Gasteiger partial charge is 0.462 e. The van der Waals surface area contributed by atoms with Gasteiger partial charge in [0.2, 0.25) is 0 Å². The van der Waals surface area contributed by atoms with E-state index in [1.165, 1.54) is 57.8 Å². The number of esters is 2. The number of unbranched alkanes of at least 4 members (excludes halogenated alkanes) is 15. The Labute approximate surface area is 394 Å². The van der Waals surface area contributed by atoms with E-state index in [4.69, 9.17) is 28.4 Å². The third-order valence-corrected chi connectivity index (χ3v) is 11.6. The highest BCUT2D eigenvalue weighted by molar-refractivity contribution is 5.70. The minimum absolute atomic E-state index is 0.152. The molecule has 0 saturated carbocycles. The van der Waals surface area contributed by atoms with Crippen molar-refractivity contribution in [2.45, 2.75) is 222 Å². The van der Waals surface area contributed by atoms with Crippen LogP contribution in [0.25, 0.3) is 0 Å². The number of hydrogen-bond donors (Lipinski definition) is 7. The molecular formula is C51H86O15. The van der Waals surface area contributed by atoms with Gasteiger partial charge in [-0.15, -0.1) is 6.58 Å². The molecule has 2 heterocycles. The van der Waals surface area contributed by atoms with Crippen LogP contribution < -0.4 is 0 Å². The molecule has 0 radical (unpaired) electrons. The number of hydrogen-bond acceptors (Lipinski definition) is 15. The van der Waals surface area contributed by atoms with Gasteiger partial charge in [-0.2, -0.15) is 0 Å². The third-order valence-electron chi connectivity index (χ3n) is 11.6. The molecule has 380 valence electrons. The summed E-state index contributed by atoms with van der Waals surface area (Å²) < 4.78 is 33.5. The summed E-state index contributed by atoms with van der Waals surface area (Å²) in [6, 6.07) is 0. The van der Waals surface area contributed by atoms with E-state index in [0.29, 0.717) is 12.8 Å². The van der Waals surface area contributed by atoms with Crippen molar-refractivity contribution in [2.24, 2.45) is 0 Å². The van der Waals surface area contributed by atoms with Crippen molar-refractivity contribution in [3.8, 4) is 0 Å². The average molecular weight is 939 g/mol. The van der Waals surface area contributed by atoms with Gasteiger partial charge < -0.3 is 64.2 Å². The van der Waals surface area contributed by atoms with Crippen LogP contribution in [-0.4, -0.2) is 142 Å². The van der Waals surface area contributed by atoms with E-state index in [0.717, 1.165) is 64.2 Å². The van der Waals surface area contributed by atoms with Crippen molar-refractivity contribution in [1.82, 2.24) is 0 Å². The summed E-state index contributed by atoms with van der Waals surface area (Å²) in [7, 11) is 0. The fraction of sp³-hybridized carbons (Fsp3) is 0.765. The SMILES string of the molecule is C=CCCCCCCCCCCCCCCCC(=O)O[C@H](COC(=O)CCCC/C=C/C/C=C/C/C=C/C/C=C/CC)CO[C@@H]1O[C@H](CO[C@@H]2O[C@H](CO)[C@H](O)C(O)C2O)[C@H](O)C(O)C1O. The monoisotopic (exact) mass is 939 g/mol. The Kier molecular flexibility index (Phi) is 34.2. The quantitative estimate of drug-likeness (QED) is 0.0199. The van der Waals surface area contributed by atoms with E-state index < -0.39 is 99.3 Å². The molecule has 2 aliphatic rings. The fourth-order valence-corrected chi connectivity index (χ4v) is 7.54. The second kappa shape index (κ2) is 38.1. The molecule has 2 saturated heterocycles. The summed E-state index contributed by atoms with van der Waals surface area (Å²) in [4.78, 5) is 25.7. The Bertz CT molecular complexity index is 1370. The van der Waals surface area contributed by atoms with Gasteiger partial charge in [0.1, 0.15) is 55.4 Å². The van der Waals surface area contributed by atoms with Gasteiger partial charge in [0.05, 0.1) is 19.8 Å². The topological polar surface area (TPSA) is 231 Å². The number of carbonyl (C=O) groups is 2. The molecule has 4 unspecified atom stereocenters. The van der Waals surface area contributed by atoms with Gasteiger partial charge in [0.15, 0.2) is 18.7 Å². The molecule has 11 atom stereocenters. The Morgan fingerprint density at radius 2 is 0.985 bits per heavy atom. The minimum Gasteiger partial charge on any atom is -0.462 e. The fourth-order valence-electron chi connectivity index (χ4n) is 7.54. The number of carbonyl (C=O) groups excluding carboxylic acids is 2. The lowest BCUT2D eigenvalue weighted by atomic mass is 9.98. The van der Waals surface area contributed by atoms with Crippen LogP contribution in [0.2, 0.25) is 0 Å². The molecule has 0 spiro atoms. The van der Waals surface area contributed by atoms with E-state index in [1.54, 1.807) is 0 Å². The summed E-state index contributed by atoms with van der Waals surface area (Å²) in [6.45, 7) is 3.95. The lowest BCUT2D eigenvalue weighted by Gasteiger charge is -2.42. The molecule has 0 aromatic rings. The summed E-state index contributed by atoms with van der Waals surface area (Å²) >= 11 is 0. The molecule has 15 heteroatoms. The number of rotatable bonds is 38. The lowest BCUT2D eigenvalue weighted by Crippen LogP contribution is -2.61. The maximum atomic E-state index is 13.0. The van der Waals surface area contributed by atoms with Gasteiger partial charge in [-0.05, 0) is 64.2 Å². The second-order valence-corrected chi connectivity index (χ2v) is 17.3. The van der Waals surface area contributed by atoms with Gasteiger partial charge in [-0.25, -0.2) is 0 Å². The van der Waals surface area contributed by atoms with Crippen molar-refractivity contribution >= 4 is 11.9 Å². The molecule has 0 amide bonds. The zero-order chi connectivity index (χ0) is 48.2. The van der Waals surface area contributed by atoms with Gasteiger partial charge in [-0.1, -0.05) is 132 Å². The first-order chi connectivity index (χ1) is 32.0. The highest BCUT2D eigenvalue weighted by Crippen LogP contribution is 2.26. The van der Waals surface area contributed by atoms with Crippen LogP contribution in [0.4, 0.5) is 0 Å². The number of ether oxygens (including phenoxy) is 6. The molecule has 2 rings (SSSR count). The Morgan fingerprint density at radius 1 is 0.530 bits per heavy atom. The zero-order valence-electron chi connectivity index (χ0n) is 39.7. The Balaban J connectivity index is 1.84. The molecule has 2 aliphatic heterocycles. The molecule has 0 aromatic heterocycles. The maximum Gasteiger partial charge on any atom is 0.306 e. The zero-order valence-corrected chi connectivity index (χ0v) is 39.7. The molecule has 66 heavy (non-hydrogen) atoms. The Hall–Kier alpha value is -2.80. The second-order valence-electron chi connectivity index (χ2n) is 17.3. The first kappa shape index (κ1) is 59.3. The van der Waals surface area contributed by atoms with Crippen LogP contribution >= 0.6 is 0 Å². The van der Waals surface area contributed by atoms with Crippen molar-refractivity contribution in [3.63, 3.8) is 0 Å². The van der Waals surface area contributed by atoms with Crippen molar-refractivity contribution in [2.75, 3.05) is 26.4 Å². The molecule has 15 nitrogen and oxygen atoms in total. The third kappa shape index (κ3) is 26.1. The lowest BCUT2D eigenvalue weighted by molar-refractivity contribution is -0.332. The first-order valence-electron chi connectivity index (χ1n) is 24.8. The van der Waals surface area contributed by atoms with Gasteiger partial charge in [0.25, 0.3) is 0 Å². The summed E-state index contributed by atoms with van der Waals surface area (Å²) in [5.41, 5.74) is 0. The highest BCUT2D eigenvalue weighted by atomic mass is 16.7. The summed E-state index contributed by atoms with van der Waals surface area (Å²) in [5.74, 6) is -0.980. The van der Waals surface area contributed by atoms with Gasteiger partial charge in [0, 0.05) is 12.8 Å². The van der Waals surface area contributed by atoms with Crippen molar-refractivity contribution < 1.29 is 73.8 Å². The van der Waals surface area contributed by atoms with E-state index in [9.17, 15) is 45.3 Å². The normalized spacial score (nSPS) is 26.5. The smallest absolute Gasteiger partial charge is 0.306 e. The van der Waals surface area contributed by atoms with Crippen LogP contribution in [0.15, 0.2) is 61.3 Å². The van der Waals surface area contributed by atoms with Crippen LogP contribution in [-0.2, 0) is 38.0 Å². The summed E-state index contributed by atoms with van der Waals surface area (Å²) in [5, 5.41) is 72.0. The van der Waals surface area contributed by atoms with E-state index in [-0.39, 0.29) is 19.4 Å². The molecule has 0 aromatic carbocycles. The van der Waals surface area contributed by atoms with Gasteiger partial charge in [-0.3, -0.25) is 9.59 Å². The highest BCUT2D eigenvalue weighted by Gasteiger charge is 2.47. The molecule has 0 aliphatic carbocycles. The average Bonchev–Trinajstić information content (AvgIpc) is 3.31. The van der Waals surface area contributed by atoms with Crippen LogP contribution in [0.5, 0.6) is 0 Å². The first-order valence-corrected chi connectivity index (χ1v) is 24.8. The predicted octanol–water partition coefficient (Wildman–Crippen LogP) is 6.49. The number of allylic oxidation sites excluding steroid dienone is 9. The predicted molar refractivity (Wildman–Crippen MR) is 252 cm³/mol. The number of aliphatic hydroxyl groups excluding tert-OH is 7. The van der Waals surface area contributed by atoms with E-state index in [2.05, 4.69) is 62.1 Å². The van der Waals surface area contributed by atoms with Crippen molar-refractivity contribution in [1.29, 1.82) is 0 Å². The van der Waals surface area contributed by atoms with Crippen molar-refractivity contribution in [3.05, 3.63) is 61.3 Å². The van der Waals surface area contributed by atoms with E-state index in [1.807, 2.05) is 6.08 Å². The van der Waals surface area contributed by atoms with Crippen LogP contribution in [0.1, 0.15) is 155 Å². The summed E-state index contributed by atoms with van der Waals surface area (Å²) in [6.07, 6.45) is 24.3. The van der Waals surface area contributed by atoms with Crippen LogP contribution in [0.3, 0.4) is 0 Å². The van der Waals surface area contributed by atoms with E-state index >= 15 is 0 Å². The molecular weight excluding hydrogens is 853 g/mol.